The van der Waals surface area contributed by atoms with Crippen molar-refractivity contribution in [2.24, 2.45) is 5.41 Å². The Morgan fingerprint density at radius 3 is 2.81 bits per heavy atom. The van der Waals surface area contributed by atoms with Crippen LogP contribution in [0.3, 0.4) is 0 Å². The Morgan fingerprint density at radius 1 is 1.31 bits per heavy atom. The molecule has 1 aliphatic heterocycles. The van der Waals surface area contributed by atoms with Gasteiger partial charge in [-0.1, -0.05) is 32.0 Å². The van der Waals surface area contributed by atoms with Crippen molar-refractivity contribution in [1.82, 2.24) is 5.32 Å². The molecule has 88 valence electrons. The maximum absolute atomic E-state index is 3.28. The molecule has 0 radical (unpaired) electrons. The number of hydrogen-bond donors (Lipinski definition) is 1. The highest BCUT2D eigenvalue weighted by molar-refractivity contribution is 5.57. The van der Waals surface area contributed by atoms with Crippen LogP contribution >= 0.6 is 0 Å². The molecule has 2 nitrogen and oxygen atoms in total. The minimum atomic E-state index is 0.326. The van der Waals surface area contributed by atoms with Gasteiger partial charge in [0.1, 0.15) is 0 Å². The van der Waals surface area contributed by atoms with Crippen molar-refractivity contribution in [2.45, 2.75) is 20.3 Å². The lowest BCUT2D eigenvalue weighted by molar-refractivity contribution is 0.355. The molecule has 0 amide bonds. The van der Waals surface area contributed by atoms with Crippen molar-refractivity contribution in [2.75, 3.05) is 31.6 Å². The molecule has 1 aliphatic rings. The Labute approximate surface area is 98.7 Å². The Kier molecular flexibility index (Phi) is 3.20. The van der Waals surface area contributed by atoms with E-state index in [0.29, 0.717) is 5.41 Å². The van der Waals surface area contributed by atoms with E-state index < -0.39 is 0 Å². The van der Waals surface area contributed by atoms with E-state index in [1.165, 1.54) is 24.2 Å². The summed E-state index contributed by atoms with van der Waals surface area (Å²) in [5.74, 6) is 0. The predicted molar refractivity (Wildman–Crippen MR) is 70.1 cm³/mol. The second kappa shape index (κ2) is 4.46. The van der Waals surface area contributed by atoms with E-state index in [0.717, 1.165) is 13.1 Å². The number of rotatable bonds is 4. The number of para-hydroxylation sites is 1. The molecule has 0 saturated heterocycles. The van der Waals surface area contributed by atoms with Crippen LogP contribution in [0.25, 0.3) is 0 Å². The first-order chi connectivity index (χ1) is 7.62. The molecule has 1 N–H and O–H groups in total. The van der Waals surface area contributed by atoms with Crippen LogP contribution in [0.2, 0.25) is 0 Å². The van der Waals surface area contributed by atoms with Gasteiger partial charge < -0.3 is 10.2 Å². The Hall–Kier alpha value is -1.02. The first-order valence-electron chi connectivity index (χ1n) is 6.10. The van der Waals surface area contributed by atoms with Gasteiger partial charge in [0, 0.05) is 25.3 Å². The van der Waals surface area contributed by atoms with E-state index >= 15 is 0 Å². The summed E-state index contributed by atoms with van der Waals surface area (Å²) >= 11 is 0. The second-order valence-electron chi connectivity index (χ2n) is 5.49. The fourth-order valence-corrected chi connectivity index (χ4v) is 2.62. The summed E-state index contributed by atoms with van der Waals surface area (Å²) in [6, 6.07) is 8.78. The van der Waals surface area contributed by atoms with Gasteiger partial charge in [0.2, 0.25) is 0 Å². The monoisotopic (exact) mass is 218 g/mol. The Balaban J connectivity index is 2.08. The number of benzene rings is 1. The average Bonchev–Trinajstić information content (AvgIpc) is 2.61. The van der Waals surface area contributed by atoms with Gasteiger partial charge in [-0.2, -0.15) is 0 Å². The molecule has 1 aromatic rings. The van der Waals surface area contributed by atoms with Crippen LogP contribution in [-0.2, 0) is 6.42 Å². The molecule has 0 atom stereocenters. The van der Waals surface area contributed by atoms with Crippen molar-refractivity contribution in [3.63, 3.8) is 0 Å². The van der Waals surface area contributed by atoms with E-state index in [1.54, 1.807) is 0 Å². The maximum atomic E-state index is 3.28. The number of anilines is 1. The van der Waals surface area contributed by atoms with Gasteiger partial charge in [0.05, 0.1) is 0 Å². The van der Waals surface area contributed by atoms with Crippen molar-refractivity contribution in [3.8, 4) is 0 Å². The molecule has 0 spiro atoms. The van der Waals surface area contributed by atoms with E-state index in [1.807, 2.05) is 7.05 Å². The summed E-state index contributed by atoms with van der Waals surface area (Å²) < 4.78 is 0. The summed E-state index contributed by atoms with van der Waals surface area (Å²) in [7, 11) is 2.03. The molecule has 0 unspecified atom stereocenters. The van der Waals surface area contributed by atoms with Crippen LogP contribution in [0.4, 0.5) is 5.69 Å². The van der Waals surface area contributed by atoms with Crippen LogP contribution in [0.1, 0.15) is 19.4 Å². The average molecular weight is 218 g/mol. The highest BCUT2D eigenvalue weighted by Gasteiger charge is 2.25. The molecule has 1 heterocycles. The quantitative estimate of drug-likeness (QED) is 0.834. The van der Waals surface area contributed by atoms with Gasteiger partial charge in [-0.15, -0.1) is 0 Å². The molecule has 2 rings (SSSR count). The first-order valence-corrected chi connectivity index (χ1v) is 6.10. The minimum Gasteiger partial charge on any atom is -0.370 e. The molecule has 1 aromatic carbocycles. The SMILES string of the molecule is CNCC(C)(C)CN1CCc2ccccc21. The van der Waals surface area contributed by atoms with Crippen molar-refractivity contribution in [1.29, 1.82) is 0 Å². The highest BCUT2D eigenvalue weighted by atomic mass is 15.2. The highest BCUT2D eigenvalue weighted by Crippen LogP contribution is 2.30. The molecule has 0 bridgehead atoms. The van der Waals surface area contributed by atoms with Crippen molar-refractivity contribution >= 4 is 5.69 Å². The number of fused-ring (bicyclic) bond motifs is 1. The van der Waals surface area contributed by atoms with Crippen LogP contribution in [0.15, 0.2) is 24.3 Å². The zero-order valence-electron chi connectivity index (χ0n) is 10.6. The third-order valence-electron chi connectivity index (χ3n) is 3.26. The lowest BCUT2D eigenvalue weighted by Gasteiger charge is -2.31. The predicted octanol–water partition coefficient (Wildman–Crippen LogP) is 2.29. The Bertz CT molecular complexity index is 358. The fraction of sp³-hybridized carbons (Fsp3) is 0.571. The first kappa shape index (κ1) is 11.5. The van der Waals surface area contributed by atoms with Crippen molar-refractivity contribution in [3.05, 3.63) is 29.8 Å². The smallest absolute Gasteiger partial charge is 0.0399 e. The van der Waals surface area contributed by atoms with Gasteiger partial charge >= 0.3 is 0 Å². The summed E-state index contributed by atoms with van der Waals surface area (Å²) in [5, 5.41) is 3.28. The van der Waals surface area contributed by atoms with Crippen LogP contribution in [0.5, 0.6) is 0 Å². The maximum Gasteiger partial charge on any atom is 0.0399 e. The lowest BCUT2D eigenvalue weighted by Crippen LogP contribution is -2.39. The zero-order chi connectivity index (χ0) is 11.6. The molecule has 0 aromatic heterocycles. The summed E-state index contributed by atoms with van der Waals surface area (Å²) in [6.07, 6.45) is 1.20. The van der Waals surface area contributed by atoms with Crippen molar-refractivity contribution < 1.29 is 0 Å². The molecule has 0 aliphatic carbocycles. The van der Waals surface area contributed by atoms with Gasteiger partial charge in [0.25, 0.3) is 0 Å². The summed E-state index contributed by atoms with van der Waals surface area (Å²) in [4.78, 5) is 2.52. The summed E-state index contributed by atoms with van der Waals surface area (Å²) in [5.41, 5.74) is 3.26. The molecule has 0 saturated carbocycles. The van der Waals surface area contributed by atoms with Gasteiger partial charge in [-0.3, -0.25) is 0 Å². The fourth-order valence-electron chi connectivity index (χ4n) is 2.62. The van der Waals surface area contributed by atoms with E-state index in [9.17, 15) is 0 Å². The normalized spacial score (nSPS) is 15.3. The third-order valence-corrected chi connectivity index (χ3v) is 3.26. The van der Waals surface area contributed by atoms with Crippen LogP contribution in [-0.4, -0.2) is 26.7 Å². The Morgan fingerprint density at radius 2 is 2.06 bits per heavy atom. The molecular formula is C14H22N2. The number of hydrogen-bond acceptors (Lipinski definition) is 2. The topological polar surface area (TPSA) is 15.3 Å². The summed E-state index contributed by atoms with van der Waals surface area (Å²) in [6.45, 7) is 8.01. The molecular weight excluding hydrogens is 196 g/mol. The molecule has 16 heavy (non-hydrogen) atoms. The molecule has 2 heteroatoms. The molecule has 0 fully saturated rings. The third kappa shape index (κ3) is 2.38. The lowest BCUT2D eigenvalue weighted by atomic mass is 9.92. The zero-order valence-corrected chi connectivity index (χ0v) is 10.6. The van der Waals surface area contributed by atoms with Gasteiger partial charge in [-0.05, 0) is 30.5 Å². The second-order valence-corrected chi connectivity index (χ2v) is 5.49. The number of nitrogens with one attached hydrogen (secondary N) is 1. The van der Waals surface area contributed by atoms with E-state index in [4.69, 9.17) is 0 Å². The van der Waals surface area contributed by atoms with E-state index in [-0.39, 0.29) is 0 Å². The van der Waals surface area contributed by atoms with Gasteiger partial charge in [-0.25, -0.2) is 0 Å². The van der Waals surface area contributed by atoms with Gasteiger partial charge in [0.15, 0.2) is 0 Å². The minimum absolute atomic E-state index is 0.326. The standard InChI is InChI=1S/C14H22N2/c1-14(2,10-15-3)11-16-9-8-12-6-4-5-7-13(12)16/h4-7,15H,8-11H2,1-3H3. The van der Waals surface area contributed by atoms with Crippen LogP contribution in [0, 0.1) is 5.41 Å². The van der Waals surface area contributed by atoms with Crippen LogP contribution < -0.4 is 10.2 Å². The largest absolute Gasteiger partial charge is 0.370 e. The van der Waals surface area contributed by atoms with E-state index in [2.05, 4.69) is 48.3 Å². The number of nitrogens with zero attached hydrogens (tertiary/aromatic N) is 1.